The van der Waals surface area contributed by atoms with Gasteiger partial charge in [-0.05, 0) is 56.7 Å². The molecule has 1 aromatic heterocycles. The predicted octanol–water partition coefficient (Wildman–Crippen LogP) is 2.65. The van der Waals surface area contributed by atoms with Crippen LogP contribution in [0.3, 0.4) is 0 Å². The monoisotopic (exact) mass is 248 g/mol. The van der Waals surface area contributed by atoms with Crippen LogP contribution in [0.2, 0.25) is 0 Å². The summed E-state index contributed by atoms with van der Waals surface area (Å²) < 4.78 is 8.07. The van der Waals surface area contributed by atoms with Gasteiger partial charge in [-0.3, -0.25) is 0 Å². The van der Waals surface area contributed by atoms with E-state index in [1.54, 1.807) is 5.56 Å². The standard InChI is InChI=1S/C15H24N2O/c1-16-15-6-2-4-12-10-17(11-14(12)15)8-7-13-5-3-9-18-13/h10-11,13,15-16H,2-9H2,1H3. The van der Waals surface area contributed by atoms with E-state index < -0.39 is 0 Å². The zero-order chi connectivity index (χ0) is 12.4. The first-order chi connectivity index (χ1) is 8.86. The number of nitrogens with one attached hydrogen (secondary N) is 1. The van der Waals surface area contributed by atoms with Gasteiger partial charge >= 0.3 is 0 Å². The van der Waals surface area contributed by atoms with Crippen molar-refractivity contribution in [3.63, 3.8) is 0 Å². The van der Waals surface area contributed by atoms with Gasteiger partial charge in [0, 0.05) is 31.6 Å². The smallest absolute Gasteiger partial charge is 0.0593 e. The van der Waals surface area contributed by atoms with Gasteiger partial charge in [0.05, 0.1) is 6.10 Å². The molecular weight excluding hydrogens is 224 g/mol. The van der Waals surface area contributed by atoms with Gasteiger partial charge in [0.15, 0.2) is 0 Å². The second kappa shape index (κ2) is 5.45. The third-order valence-electron chi connectivity index (χ3n) is 4.39. The number of fused-ring (bicyclic) bond motifs is 1. The molecule has 3 nitrogen and oxygen atoms in total. The first-order valence-electron chi connectivity index (χ1n) is 7.34. The fourth-order valence-corrected chi connectivity index (χ4v) is 3.34. The van der Waals surface area contributed by atoms with E-state index in [9.17, 15) is 0 Å². The van der Waals surface area contributed by atoms with E-state index in [2.05, 4.69) is 29.3 Å². The molecule has 2 heterocycles. The molecule has 100 valence electrons. The van der Waals surface area contributed by atoms with E-state index in [4.69, 9.17) is 4.74 Å². The number of aryl methyl sites for hydroxylation is 2. The van der Waals surface area contributed by atoms with Crippen molar-refractivity contribution in [1.29, 1.82) is 0 Å². The van der Waals surface area contributed by atoms with Gasteiger partial charge in [-0.15, -0.1) is 0 Å². The lowest BCUT2D eigenvalue weighted by Gasteiger charge is -2.21. The molecule has 1 aliphatic heterocycles. The summed E-state index contributed by atoms with van der Waals surface area (Å²) in [6.07, 6.45) is 12.7. The molecule has 18 heavy (non-hydrogen) atoms. The average Bonchev–Trinajstić information content (AvgIpc) is 3.04. The zero-order valence-corrected chi connectivity index (χ0v) is 11.3. The largest absolute Gasteiger partial charge is 0.378 e. The minimum atomic E-state index is 0.504. The highest BCUT2D eigenvalue weighted by molar-refractivity contribution is 5.30. The van der Waals surface area contributed by atoms with Crippen LogP contribution in [0.5, 0.6) is 0 Å². The van der Waals surface area contributed by atoms with Crippen LogP contribution in [-0.4, -0.2) is 24.3 Å². The Kier molecular flexibility index (Phi) is 3.71. The summed E-state index contributed by atoms with van der Waals surface area (Å²) in [5, 5.41) is 3.43. The molecule has 1 fully saturated rings. The van der Waals surface area contributed by atoms with Crippen molar-refractivity contribution >= 4 is 0 Å². The number of hydrogen-bond acceptors (Lipinski definition) is 2. The van der Waals surface area contributed by atoms with Crippen LogP contribution in [0.25, 0.3) is 0 Å². The molecule has 0 saturated carbocycles. The molecule has 1 N–H and O–H groups in total. The van der Waals surface area contributed by atoms with Crippen LogP contribution in [-0.2, 0) is 17.7 Å². The molecule has 2 atom stereocenters. The highest BCUT2D eigenvalue weighted by atomic mass is 16.5. The molecule has 0 bridgehead atoms. The third kappa shape index (κ3) is 2.47. The molecular formula is C15H24N2O. The van der Waals surface area contributed by atoms with Gasteiger partial charge < -0.3 is 14.6 Å². The molecule has 1 aromatic rings. The molecule has 0 amide bonds. The first kappa shape index (κ1) is 12.2. The van der Waals surface area contributed by atoms with E-state index >= 15 is 0 Å². The third-order valence-corrected chi connectivity index (χ3v) is 4.39. The fourth-order valence-electron chi connectivity index (χ4n) is 3.34. The van der Waals surface area contributed by atoms with Crippen LogP contribution in [0.4, 0.5) is 0 Å². The molecule has 1 aliphatic carbocycles. The molecule has 3 heteroatoms. The molecule has 1 saturated heterocycles. The number of hydrogen-bond donors (Lipinski definition) is 1. The highest BCUT2D eigenvalue weighted by Crippen LogP contribution is 2.30. The maximum absolute atomic E-state index is 5.69. The predicted molar refractivity (Wildman–Crippen MR) is 72.8 cm³/mol. The minimum Gasteiger partial charge on any atom is -0.378 e. The second-order valence-electron chi connectivity index (χ2n) is 5.63. The summed E-state index contributed by atoms with van der Waals surface area (Å²) in [7, 11) is 2.07. The van der Waals surface area contributed by atoms with Crippen LogP contribution in [0.1, 0.15) is 49.3 Å². The summed E-state index contributed by atoms with van der Waals surface area (Å²) in [6, 6.07) is 0.567. The van der Waals surface area contributed by atoms with E-state index in [1.165, 1.54) is 37.7 Å². The minimum absolute atomic E-state index is 0.504. The van der Waals surface area contributed by atoms with Crippen LogP contribution in [0.15, 0.2) is 12.4 Å². The Morgan fingerprint density at radius 1 is 1.33 bits per heavy atom. The summed E-state index contributed by atoms with van der Waals surface area (Å²) in [6.45, 7) is 2.07. The Balaban J connectivity index is 1.64. The van der Waals surface area contributed by atoms with Crippen LogP contribution in [0, 0.1) is 0 Å². The normalized spacial score (nSPS) is 27.4. The van der Waals surface area contributed by atoms with E-state index in [1.807, 2.05) is 0 Å². The Morgan fingerprint density at radius 3 is 3.06 bits per heavy atom. The molecule has 0 spiro atoms. The lowest BCUT2D eigenvalue weighted by atomic mass is 9.91. The first-order valence-corrected chi connectivity index (χ1v) is 7.34. The van der Waals surface area contributed by atoms with Crippen molar-refractivity contribution < 1.29 is 4.74 Å². The fraction of sp³-hybridized carbons (Fsp3) is 0.733. The van der Waals surface area contributed by atoms with Crippen molar-refractivity contribution in [1.82, 2.24) is 9.88 Å². The quantitative estimate of drug-likeness (QED) is 0.886. The van der Waals surface area contributed by atoms with Gasteiger partial charge in [-0.1, -0.05) is 0 Å². The number of ether oxygens (including phenoxy) is 1. The number of aromatic nitrogens is 1. The SMILES string of the molecule is CNC1CCCc2cn(CCC3CCCO3)cc21. The number of nitrogens with zero attached hydrogens (tertiary/aromatic N) is 1. The van der Waals surface area contributed by atoms with Crippen molar-refractivity contribution in [2.75, 3.05) is 13.7 Å². The van der Waals surface area contributed by atoms with Gasteiger partial charge in [0.2, 0.25) is 0 Å². The maximum atomic E-state index is 5.69. The zero-order valence-electron chi connectivity index (χ0n) is 11.3. The van der Waals surface area contributed by atoms with E-state index in [-0.39, 0.29) is 0 Å². The van der Waals surface area contributed by atoms with Gasteiger partial charge in [-0.2, -0.15) is 0 Å². The summed E-state index contributed by atoms with van der Waals surface area (Å²) in [4.78, 5) is 0. The average molecular weight is 248 g/mol. The highest BCUT2D eigenvalue weighted by Gasteiger charge is 2.21. The molecule has 0 radical (unpaired) electrons. The van der Waals surface area contributed by atoms with Gasteiger partial charge in [-0.25, -0.2) is 0 Å². The molecule has 0 aromatic carbocycles. The number of rotatable bonds is 4. The Labute approximate surface area is 110 Å². The summed E-state index contributed by atoms with van der Waals surface area (Å²) >= 11 is 0. The Bertz CT molecular complexity index is 393. The molecule has 2 unspecified atom stereocenters. The Hall–Kier alpha value is -0.800. The van der Waals surface area contributed by atoms with E-state index in [0.29, 0.717) is 12.1 Å². The topological polar surface area (TPSA) is 26.2 Å². The Morgan fingerprint density at radius 2 is 2.28 bits per heavy atom. The van der Waals surface area contributed by atoms with Crippen LogP contribution < -0.4 is 5.32 Å². The van der Waals surface area contributed by atoms with Crippen molar-refractivity contribution in [2.24, 2.45) is 0 Å². The van der Waals surface area contributed by atoms with Crippen molar-refractivity contribution in [2.45, 2.75) is 57.2 Å². The van der Waals surface area contributed by atoms with Crippen molar-refractivity contribution in [3.05, 3.63) is 23.5 Å². The molecule has 2 aliphatic rings. The summed E-state index contributed by atoms with van der Waals surface area (Å²) in [5.74, 6) is 0. The van der Waals surface area contributed by atoms with Gasteiger partial charge in [0.25, 0.3) is 0 Å². The van der Waals surface area contributed by atoms with Crippen molar-refractivity contribution in [3.8, 4) is 0 Å². The lowest BCUT2D eigenvalue weighted by molar-refractivity contribution is 0.100. The van der Waals surface area contributed by atoms with Gasteiger partial charge in [0.1, 0.15) is 0 Å². The lowest BCUT2D eigenvalue weighted by Crippen LogP contribution is -2.20. The maximum Gasteiger partial charge on any atom is 0.0593 e. The van der Waals surface area contributed by atoms with E-state index in [0.717, 1.165) is 19.6 Å². The molecule has 3 rings (SSSR count). The van der Waals surface area contributed by atoms with Crippen LogP contribution >= 0.6 is 0 Å². The summed E-state index contributed by atoms with van der Waals surface area (Å²) in [5.41, 5.74) is 3.07. The second-order valence-corrected chi connectivity index (χ2v) is 5.63.